The maximum Gasteiger partial charge on any atom is 0.270 e. The maximum absolute atomic E-state index is 12.4. The first-order valence-electron chi connectivity index (χ1n) is 6.63. The van der Waals surface area contributed by atoms with Crippen LogP contribution in [0.25, 0.3) is 0 Å². The number of non-ortho nitro benzene ring substituents is 1. The predicted molar refractivity (Wildman–Crippen MR) is 83.5 cm³/mol. The molecular weight excluding hydrogens is 284 g/mol. The molecule has 0 spiro atoms. The van der Waals surface area contributed by atoms with Crippen molar-refractivity contribution in [3.05, 3.63) is 63.2 Å². The minimum atomic E-state index is -0.549. The molecule has 0 fully saturated rings. The Balaban J connectivity index is 2.33. The lowest BCUT2D eigenvalue weighted by molar-refractivity contribution is -0.384. The number of ether oxygens (including phenoxy) is 1. The molecule has 2 aromatic rings. The Bertz CT molecular complexity index is 741. The highest BCUT2D eigenvalue weighted by atomic mass is 16.6. The van der Waals surface area contributed by atoms with Gasteiger partial charge in [0, 0.05) is 17.8 Å². The van der Waals surface area contributed by atoms with E-state index >= 15 is 0 Å². The molecule has 0 aromatic heterocycles. The third-order valence-electron chi connectivity index (χ3n) is 3.40. The minimum absolute atomic E-state index is 0.120. The van der Waals surface area contributed by atoms with Crippen molar-refractivity contribution in [2.45, 2.75) is 13.8 Å². The molecule has 1 amide bonds. The van der Waals surface area contributed by atoms with Gasteiger partial charge >= 0.3 is 0 Å². The van der Waals surface area contributed by atoms with Crippen LogP contribution in [-0.4, -0.2) is 17.9 Å². The van der Waals surface area contributed by atoms with Crippen LogP contribution < -0.4 is 10.1 Å². The van der Waals surface area contributed by atoms with Crippen molar-refractivity contribution < 1.29 is 14.5 Å². The number of nitrogens with one attached hydrogen (secondary N) is 1. The number of methoxy groups -OCH3 is 1. The van der Waals surface area contributed by atoms with E-state index in [0.29, 0.717) is 5.69 Å². The molecule has 0 aliphatic carbocycles. The summed E-state index contributed by atoms with van der Waals surface area (Å²) in [5.74, 6) is -0.171. The highest BCUT2D eigenvalue weighted by Crippen LogP contribution is 2.25. The molecular formula is C16H16N2O4. The van der Waals surface area contributed by atoms with Gasteiger partial charge in [-0.05, 0) is 43.2 Å². The van der Waals surface area contributed by atoms with Crippen molar-refractivity contribution in [3.63, 3.8) is 0 Å². The van der Waals surface area contributed by atoms with Gasteiger partial charge in [0.25, 0.3) is 11.6 Å². The van der Waals surface area contributed by atoms with Crippen LogP contribution in [-0.2, 0) is 0 Å². The molecule has 0 saturated carbocycles. The van der Waals surface area contributed by atoms with Crippen molar-refractivity contribution in [1.29, 1.82) is 0 Å². The number of carbonyl (C=O) groups is 1. The normalized spacial score (nSPS) is 10.1. The number of anilines is 1. The highest BCUT2D eigenvalue weighted by Gasteiger charge is 2.17. The summed E-state index contributed by atoms with van der Waals surface area (Å²) in [6, 6.07) is 9.44. The van der Waals surface area contributed by atoms with E-state index in [1.165, 1.54) is 25.3 Å². The van der Waals surface area contributed by atoms with Gasteiger partial charge in [-0.1, -0.05) is 6.07 Å². The Morgan fingerprint density at radius 1 is 1.14 bits per heavy atom. The van der Waals surface area contributed by atoms with Gasteiger partial charge in [0.15, 0.2) is 0 Å². The summed E-state index contributed by atoms with van der Waals surface area (Å²) in [6.07, 6.45) is 0. The zero-order valence-electron chi connectivity index (χ0n) is 12.5. The summed E-state index contributed by atoms with van der Waals surface area (Å²) < 4.78 is 5.10. The fourth-order valence-electron chi connectivity index (χ4n) is 2.00. The van der Waals surface area contributed by atoms with Gasteiger partial charge in [-0.2, -0.15) is 0 Å². The van der Waals surface area contributed by atoms with Crippen LogP contribution in [0.15, 0.2) is 36.4 Å². The summed E-state index contributed by atoms with van der Waals surface area (Å²) in [5.41, 5.74) is 2.75. The van der Waals surface area contributed by atoms with Crippen LogP contribution in [0, 0.1) is 24.0 Å². The molecule has 22 heavy (non-hydrogen) atoms. The fourth-order valence-corrected chi connectivity index (χ4v) is 2.00. The van der Waals surface area contributed by atoms with E-state index in [9.17, 15) is 14.9 Å². The van der Waals surface area contributed by atoms with E-state index in [2.05, 4.69) is 5.32 Å². The first kappa shape index (κ1) is 15.5. The Morgan fingerprint density at radius 3 is 2.45 bits per heavy atom. The molecule has 6 nitrogen and oxygen atoms in total. The second-order valence-electron chi connectivity index (χ2n) is 4.89. The number of carbonyl (C=O) groups excluding carboxylic acids is 1. The zero-order valence-corrected chi connectivity index (χ0v) is 12.5. The average Bonchev–Trinajstić information content (AvgIpc) is 2.50. The van der Waals surface area contributed by atoms with Crippen LogP contribution >= 0.6 is 0 Å². The number of amides is 1. The van der Waals surface area contributed by atoms with Crippen molar-refractivity contribution in [3.8, 4) is 5.75 Å². The van der Waals surface area contributed by atoms with Gasteiger partial charge in [-0.15, -0.1) is 0 Å². The molecule has 0 radical (unpaired) electrons. The largest absolute Gasteiger partial charge is 0.496 e. The quantitative estimate of drug-likeness (QED) is 0.692. The lowest BCUT2D eigenvalue weighted by atomic mass is 10.1. The first-order chi connectivity index (χ1) is 10.4. The van der Waals surface area contributed by atoms with Crippen LogP contribution in [0.4, 0.5) is 11.4 Å². The van der Waals surface area contributed by atoms with Crippen molar-refractivity contribution >= 4 is 17.3 Å². The van der Waals surface area contributed by atoms with Gasteiger partial charge in [0.1, 0.15) is 5.75 Å². The van der Waals surface area contributed by atoms with Gasteiger partial charge in [0.2, 0.25) is 0 Å². The molecule has 0 aliphatic heterocycles. The smallest absolute Gasteiger partial charge is 0.270 e. The molecule has 2 aromatic carbocycles. The predicted octanol–water partition coefficient (Wildman–Crippen LogP) is 3.47. The molecule has 0 unspecified atom stereocenters. The maximum atomic E-state index is 12.4. The molecule has 0 heterocycles. The molecule has 0 aliphatic rings. The number of hydrogen-bond donors (Lipinski definition) is 1. The first-order valence-corrected chi connectivity index (χ1v) is 6.63. The van der Waals surface area contributed by atoms with E-state index in [0.717, 1.165) is 11.1 Å². The van der Waals surface area contributed by atoms with Gasteiger partial charge in [0.05, 0.1) is 17.6 Å². The number of nitro benzene ring substituents is 1. The van der Waals surface area contributed by atoms with Crippen LogP contribution in [0.2, 0.25) is 0 Å². The molecule has 114 valence electrons. The van der Waals surface area contributed by atoms with E-state index < -0.39 is 10.8 Å². The summed E-state index contributed by atoms with van der Waals surface area (Å²) in [5, 5.41) is 13.6. The van der Waals surface area contributed by atoms with Crippen LogP contribution in [0.1, 0.15) is 21.5 Å². The van der Waals surface area contributed by atoms with Crippen molar-refractivity contribution in [2.75, 3.05) is 12.4 Å². The summed E-state index contributed by atoms with van der Waals surface area (Å²) in [7, 11) is 1.41. The summed E-state index contributed by atoms with van der Waals surface area (Å²) >= 11 is 0. The standard InChI is InChI=1S/C16H16N2O4/c1-10-4-5-12(8-11(10)2)17-16(19)14-9-13(18(20)21)6-7-15(14)22-3/h4-9H,1-3H3,(H,17,19). The minimum Gasteiger partial charge on any atom is -0.496 e. The number of aryl methyl sites for hydroxylation is 2. The Labute approximate surface area is 127 Å². The van der Waals surface area contributed by atoms with E-state index in [-0.39, 0.29) is 17.0 Å². The number of hydrogen-bond acceptors (Lipinski definition) is 4. The lowest BCUT2D eigenvalue weighted by Gasteiger charge is -2.10. The molecule has 0 bridgehead atoms. The second-order valence-corrected chi connectivity index (χ2v) is 4.89. The SMILES string of the molecule is COc1ccc([N+](=O)[O-])cc1C(=O)Nc1ccc(C)c(C)c1. The van der Waals surface area contributed by atoms with E-state index in [1.807, 2.05) is 26.0 Å². The summed E-state index contributed by atoms with van der Waals surface area (Å²) in [6.45, 7) is 3.92. The third-order valence-corrected chi connectivity index (χ3v) is 3.40. The Kier molecular flexibility index (Phi) is 4.41. The molecule has 0 atom stereocenters. The molecule has 0 saturated heterocycles. The van der Waals surface area contributed by atoms with E-state index in [4.69, 9.17) is 4.74 Å². The highest BCUT2D eigenvalue weighted by molar-refractivity contribution is 6.06. The number of nitrogens with zero attached hydrogens (tertiary/aromatic N) is 1. The second kappa shape index (κ2) is 6.26. The van der Waals surface area contributed by atoms with Gasteiger partial charge < -0.3 is 10.1 Å². The number of nitro groups is 1. The summed E-state index contributed by atoms with van der Waals surface area (Å²) in [4.78, 5) is 22.7. The zero-order chi connectivity index (χ0) is 16.3. The molecule has 1 N–H and O–H groups in total. The topological polar surface area (TPSA) is 81.5 Å². The van der Waals surface area contributed by atoms with Crippen molar-refractivity contribution in [1.82, 2.24) is 0 Å². The Hall–Kier alpha value is -2.89. The number of benzene rings is 2. The monoisotopic (exact) mass is 300 g/mol. The fraction of sp³-hybridized carbons (Fsp3) is 0.188. The van der Waals surface area contributed by atoms with Crippen LogP contribution in [0.5, 0.6) is 5.75 Å². The third kappa shape index (κ3) is 3.22. The van der Waals surface area contributed by atoms with Crippen molar-refractivity contribution in [2.24, 2.45) is 0 Å². The van der Waals surface area contributed by atoms with Crippen LogP contribution in [0.3, 0.4) is 0 Å². The Morgan fingerprint density at radius 2 is 1.86 bits per heavy atom. The van der Waals surface area contributed by atoms with E-state index in [1.54, 1.807) is 6.07 Å². The molecule has 2 rings (SSSR count). The number of rotatable bonds is 4. The van der Waals surface area contributed by atoms with Gasteiger partial charge in [-0.3, -0.25) is 14.9 Å². The average molecular weight is 300 g/mol. The molecule has 6 heteroatoms. The van der Waals surface area contributed by atoms with Gasteiger partial charge in [-0.25, -0.2) is 0 Å². The lowest BCUT2D eigenvalue weighted by Crippen LogP contribution is -2.13.